The summed E-state index contributed by atoms with van der Waals surface area (Å²) in [6.07, 6.45) is 1.60. The van der Waals surface area contributed by atoms with Crippen molar-refractivity contribution in [1.82, 2.24) is 4.90 Å². The van der Waals surface area contributed by atoms with Crippen LogP contribution in [0.15, 0.2) is 71.6 Å². The van der Waals surface area contributed by atoms with E-state index in [4.69, 9.17) is 39.5 Å². The molecule has 0 N–H and O–H groups in total. The van der Waals surface area contributed by atoms with E-state index < -0.39 is 0 Å². The highest BCUT2D eigenvalue weighted by Crippen LogP contribution is 2.38. The van der Waals surface area contributed by atoms with Gasteiger partial charge in [0.2, 0.25) is 0 Å². The van der Waals surface area contributed by atoms with Crippen molar-refractivity contribution in [1.29, 1.82) is 0 Å². The minimum Gasteiger partial charge on any atom is -0.486 e. The average molecular weight is 505 g/mol. The van der Waals surface area contributed by atoms with E-state index in [1.807, 2.05) is 36.4 Å². The number of hydrogen-bond donors (Lipinski definition) is 0. The van der Waals surface area contributed by atoms with Gasteiger partial charge < -0.3 is 4.74 Å². The van der Waals surface area contributed by atoms with Gasteiger partial charge in [0.25, 0.3) is 11.1 Å². The maximum absolute atomic E-state index is 12.8. The summed E-state index contributed by atoms with van der Waals surface area (Å²) in [7, 11) is 0. The van der Waals surface area contributed by atoms with E-state index in [2.05, 4.69) is 0 Å². The van der Waals surface area contributed by atoms with E-state index in [0.29, 0.717) is 37.9 Å². The standard InChI is InChI=1S/C24H16Cl3NO3S/c25-18-8-4-7-16(9-18)13-28-23(29)21(32-24(28)30)12-17-10-19(26)22(20(27)11-17)31-14-15-5-2-1-3-6-15/h1-12H,13-14H2/b21-12-. The molecule has 1 aliphatic rings. The molecule has 8 heteroatoms. The molecule has 0 aliphatic carbocycles. The SMILES string of the molecule is O=C1S/C(=C\c2cc(Cl)c(OCc3ccccc3)c(Cl)c2)C(=O)N1Cc1cccc(Cl)c1. The van der Waals surface area contributed by atoms with Gasteiger partial charge in [-0.1, -0.05) is 77.3 Å². The molecule has 0 atom stereocenters. The molecule has 0 spiro atoms. The van der Waals surface area contributed by atoms with E-state index in [-0.39, 0.29) is 17.7 Å². The fraction of sp³-hybridized carbons (Fsp3) is 0.0833. The van der Waals surface area contributed by atoms with Crippen LogP contribution < -0.4 is 4.74 Å². The summed E-state index contributed by atoms with van der Waals surface area (Å²) >= 11 is 19.6. The van der Waals surface area contributed by atoms with Gasteiger partial charge in [-0.2, -0.15) is 0 Å². The van der Waals surface area contributed by atoms with Gasteiger partial charge >= 0.3 is 0 Å². The van der Waals surface area contributed by atoms with Gasteiger partial charge in [0, 0.05) is 5.02 Å². The fourth-order valence-electron chi connectivity index (χ4n) is 3.14. The molecular formula is C24H16Cl3NO3S. The normalized spacial score (nSPS) is 15.0. The van der Waals surface area contributed by atoms with Crippen LogP contribution in [0, 0.1) is 0 Å². The Balaban J connectivity index is 1.50. The lowest BCUT2D eigenvalue weighted by Gasteiger charge is -2.12. The Morgan fingerprint density at radius 1 is 0.875 bits per heavy atom. The van der Waals surface area contributed by atoms with Gasteiger partial charge in [-0.05, 0) is 58.8 Å². The van der Waals surface area contributed by atoms with Crippen molar-refractivity contribution in [3.05, 3.63) is 103 Å². The molecule has 32 heavy (non-hydrogen) atoms. The third kappa shape index (κ3) is 5.30. The molecule has 4 nitrogen and oxygen atoms in total. The van der Waals surface area contributed by atoms with E-state index in [1.54, 1.807) is 36.4 Å². The Morgan fingerprint density at radius 2 is 1.56 bits per heavy atom. The van der Waals surface area contributed by atoms with Crippen molar-refractivity contribution in [2.75, 3.05) is 0 Å². The first-order valence-corrected chi connectivity index (χ1v) is 11.5. The first-order valence-electron chi connectivity index (χ1n) is 9.56. The molecule has 0 bridgehead atoms. The number of hydrogen-bond acceptors (Lipinski definition) is 4. The van der Waals surface area contributed by atoms with Gasteiger partial charge in [-0.25, -0.2) is 0 Å². The second-order valence-corrected chi connectivity index (χ2v) is 9.23. The van der Waals surface area contributed by atoms with Crippen molar-refractivity contribution < 1.29 is 14.3 Å². The van der Waals surface area contributed by atoms with E-state index >= 15 is 0 Å². The zero-order valence-electron chi connectivity index (χ0n) is 16.6. The average Bonchev–Trinajstić information content (AvgIpc) is 3.01. The number of benzene rings is 3. The third-order valence-corrected chi connectivity index (χ3v) is 6.35. The van der Waals surface area contributed by atoms with Crippen LogP contribution in [0.1, 0.15) is 16.7 Å². The highest BCUT2D eigenvalue weighted by Gasteiger charge is 2.35. The summed E-state index contributed by atoms with van der Waals surface area (Å²) < 4.78 is 5.78. The number of rotatable bonds is 6. The molecular weight excluding hydrogens is 489 g/mol. The maximum Gasteiger partial charge on any atom is 0.293 e. The summed E-state index contributed by atoms with van der Waals surface area (Å²) in [4.78, 5) is 26.7. The summed E-state index contributed by atoms with van der Waals surface area (Å²) in [5, 5.41) is 0.834. The van der Waals surface area contributed by atoms with Crippen LogP contribution in [0.25, 0.3) is 6.08 Å². The molecule has 1 heterocycles. The van der Waals surface area contributed by atoms with Crippen LogP contribution in [0.3, 0.4) is 0 Å². The lowest BCUT2D eigenvalue weighted by Crippen LogP contribution is -2.27. The van der Waals surface area contributed by atoms with Crippen molar-refractivity contribution in [3.63, 3.8) is 0 Å². The number of halogens is 3. The largest absolute Gasteiger partial charge is 0.486 e. The molecule has 0 radical (unpaired) electrons. The summed E-state index contributed by atoms with van der Waals surface area (Å²) in [5.74, 6) is -0.0139. The predicted octanol–water partition coefficient (Wildman–Crippen LogP) is 7.46. The van der Waals surface area contributed by atoms with Crippen LogP contribution in [0.4, 0.5) is 4.79 Å². The Hall–Kier alpha value is -2.44. The molecule has 0 unspecified atom stereocenters. The van der Waals surface area contributed by atoms with Crippen molar-refractivity contribution in [2.45, 2.75) is 13.2 Å². The molecule has 1 fully saturated rings. The highest BCUT2D eigenvalue weighted by molar-refractivity contribution is 8.18. The summed E-state index contributed by atoms with van der Waals surface area (Å²) in [6.45, 7) is 0.471. The van der Waals surface area contributed by atoms with Gasteiger partial charge in [0.05, 0.1) is 21.5 Å². The maximum atomic E-state index is 12.8. The Kier molecular flexibility index (Phi) is 7.11. The Bertz CT molecular complexity index is 1190. The lowest BCUT2D eigenvalue weighted by atomic mass is 10.2. The number of amides is 2. The number of carbonyl (C=O) groups excluding carboxylic acids is 2. The van der Waals surface area contributed by atoms with Crippen molar-refractivity contribution in [3.8, 4) is 5.75 Å². The zero-order chi connectivity index (χ0) is 22.7. The van der Waals surface area contributed by atoms with Crippen LogP contribution in [-0.4, -0.2) is 16.0 Å². The zero-order valence-corrected chi connectivity index (χ0v) is 19.6. The number of thioether (sulfide) groups is 1. The molecule has 1 saturated heterocycles. The first-order chi connectivity index (χ1) is 15.4. The monoisotopic (exact) mass is 503 g/mol. The minimum atomic E-state index is -0.378. The summed E-state index contributed by atoms with van der Waals surface area (Å²) in [6, 6.07) is 20.0. The predicted molar refractivity (Wildman–Crippen MR) is 130 cm³/mol. The molecule has 3 aromatic carbocycles. The fourth-order valence-corrected chi connectivity index (χ4v) is 4.80. The quantitative estimate of drug-likeness (QED) is 0.327. The highest BCUT2D eigenvalue weighted by atomic mass is 35.5. The van der Waals surface area contributed by atoms with Gasteiger partial charge in [-0.15, -0.1) is 0 Å². The minimum absolute atomic E-state index is 0.149. The smallest absolute Gasteiger partial charge is 0.293 e. The second-order valence-electron chi connectivity index (χ2n) is 6.99. The number of nitrogens with zero attached hydrogens (tertiary/aromatic N) is 1. The van der Waals surface area contributed by atoms with Gasteiger partial charge in [0.15, 0.2) is 5.75 Å². The number of carbonyl (C=O) groups is 2. The molecule has 0 saturated carbocycles. The Labute approximate surface area is 204 Å². The lowest BCUT2D eigenvalue weighted by molar-refractivity contribution is -0.123. The first kappa shape index (κ1) is 22.7. The molecule has 2 amide bonds. The number of imide groups is 1. The van der Waals surface area contributed by atoms with Crippen LogP contribution in [-0.2, 0) is 17.9 Å². The number of ether oxygens (including phenoxy) is 1. The second kappa shape index (κ2) is 10.0. The third-order valence-electron chi connectivity index (χ3n) is 4.65. The van der Waals surface area contributed by atoms with Gasteiger partial charge in [-0.3, -0.25) is 14.5 Å². The van der Waals surface area contributed by atoms with Crippen LogP contribution >= 0.6 is 46.6 Å². The van der Waals surface area contributed by atoms with Crippen molar-refractivity contribution >= 4 is 63.8 Å². The topological polar surface area (TPSA) is 46.6 Å². The molecule has 4 rings (SSSR count). The van der Waals surface area contributed by atoms with Crippen LogP contribution in [0.5, 0.6) is 5.75 Å². The van der Waals surface area contributed by atoms with E-state index in [1.165, 1.54) is 4.90 Å². The van der Waals surface area contributed by atoms with E-state index in [0.717, 1.165) is 22.9 Å². The van der Waals surface area contributed by atoms with E-state index in [9.17, 15) is 9.59 Å². The molecule has 3 aromatic rings. The Morgan fingerprint density at radius 3 is 2.25 bits per heavy atom. The molecule has 0 aromatic heterocycles. The van der Waals surface area contributed by atoms with Crippen molar-refractivity contribution in [2.24, 2.45) is 0 Å². The molecule has 1 aliphatic heterocycles. The van der Waals surface area contributed by atoms with Crippen LogP contribution in [0.2, 0.25) is 15.1 Å². The molecule has 162 valence electrons. The van der Waals surface area contributed by atoms with Gasteiger partial charge in [0.1, 0.15) is 6.61 Å². The summed E-state index contributed by atoms with van der Waals surface area (Å²) in [5.41, 5.74) is 2.35.